The Hall–Kier alpha value is -3.41. The van der Waals surface area contributed by atoms with Gasteiger partial charge in [0.1, 0.15) is 0 Å². The smallest absolute Gasteiger partial charge is 0.183 e. The van der Waals surface area contributed by atoms with Gasteiger partial charge in [-0.1, -0.05) is 36.4 Å². The summed E-state index contributed by atoms with van der Waals surface area (Å²) in [5.41, 5.74) is 4.63. The van der Waals surface area contributed by atoms with E-state index >= 15 is 0 Å². The van der Waals surface area contributed by atoms with Crippen LogP contribution in [0.25, 0.3) is 16.6 Å². The van der Waals surface area contributed by atoms with Crippen molar-refractivity contribution in [3.05, 3.63) is 71.5 Å². The van der Waals surface area contributed by atoms with E-state index in [2.05, 4.69) is 95.4 Å². The fourth-order valence-electron chi connectivity index (χ4n) is 4.65. The van der Waals surface area contributed by atoms with Crippen molar-refractivity contribution in [3.8, 4) is 5.82 Å². The number of piperazine rings is 1. The lowest BCUT2D eigenvalue weighted by molar-refractivity contribution is 0.546. The SMILES string of the molecule is Cc1cccc(N2CCN(c3nnc(-n4nc(C)cc4C)c4ccccc34)CC2C)c1. The number of hydrogen-bond donors (Lipinski definition) is 0. The van der Waals surface area contributed by atoms with Crippen molar-refractivity contribution in [2.75, 3.05) is 29.4 Å². The molecule has 158 valence electrons. The topological polar surface area (TPSA) is 50.1 Å². The number of rotatable bonds is 3. The highest BCUT2D eigenvalue weighted by Gasteiger charge is 2.27. The molecular weight excluding hydrogens is 384 g/mol. The Morgan fingerprint density at radius 1 is 0.839 bits per heavy atom. The highest BCUT2D eigenvalue weighted by Crippen LogP contribution is 2.30. The van der Waals surface area contributed by atoms with Crippen LogP contribution >= 0.6 is 0 Å². The zero-order valence-electron chi connectivity index (χ0n) is 18.6. The first-order valence-corrected chi connectivity index (χ1v) is 10.9. The van der Waals surface area contributed by atoms with E-state index in [1.165, 1.54) is 11.3 Å². The summed E-state index contributed by atoms with van der Waals surface area (Å²) in [4.78, 5) is 4.86. The Bertz CT molecular complexity index is 1240. The largest absolute Gasteiger partial charge is 0.365 e. The van der Waals surface area contributed by atoms with Crippen LogP contribution in [0.4, 0.5) is 11.5 Å². The molecule has 1 aliphatic rings. The number of fused-ring (bicyclic) bond motifs is 1. The maximum Gasteiger partial charge on any atom is 0.183 e. The summed E-state index contributed by atoms with van der Waals surface area (Å²) in [6, 6.07) is 19.6. The number of aryl methyl sites for hydroxylation is 3. The summed E-state index contributed by atoms with van der Waals surface area (Å²) in [5, 5.41) is 16.2. The summed E-state index contributed by atoms with van der Waals surface area (Å²) >= 11 is 0. The molecule has 0 saturated carbocycles. The molecule has 2 aromatic carbocycles. The van der Waals surface area contributed by atoms with Gasteiger partial charge < -0.3 is 9.80 Å². The van der Waals surface area contributed by atoms with E-state index in [4.69, 9.17) is 5.10 Å². The van der Waals surface area contributed by atoms with E-state index in [0.29, 0.717) is 6.04 Å². The van der Waals surface area contributed by atoms with Gasteiger partial charge in [0, 0.05) is 47.8 Å². The van der Waals surface area contributed by atoms with Gasteiger partial charge in [-0.15, -0.1) is 10.2 Å². The molecule has 0 radical (unpaired) electrons. The molecule has 31 heavy (non-hydrogen) atoms. The Kier molecular flexibility index (Phi) is 4.85. The molecular formula is C25H28N6. The van der Waals surface area contributed by atoms with Crippen LogP contribution in [0.5, 0.6) is 0 Å². The normalized spacial score (nSPS) is 16.8. The van der Waals surface area contributed by atoms with Gasteiger partial charge in [-0.3, -0.25) is 0 Å². The van der Waals surface area contributed by atoms with E-state index in [0.717, 1.165) is 53.4 Å². The fraction of sp³-hybridized carbons (Fsp3) is 0.320. The molecule has 1 fully saturated rings. The van der Waals surface area contributed by atoms with E-state index in [1.54, 1.807) is 0 Å². The van der Waals surface area contributed by atoms with E-state index < -0.39 is 0 Å². The molecule has 5 rings (SSSR count). The third-order valence-corrected chi connectivity index (χ3v) is 6.12. The Morgan fingerprint density at radius 3 is 2.26 bits per heavy atom. The number of hydrogen-bond acceptors (Lipinski definition) is 5. The zero-order chi connectivity index (χ0) is 21.5. The highest BCUT2D eigenvalue weighted by molar-refractivity contribution is 5.96. The molecule has 0 amide bonds. The molecule has 4 aromatic rings. The molecule has 0 spiro atoms. The van der Waals surface area contributed by atoms with Crippen molar-refractivity contribution < 1.29 is 0 Å². The van der Waals surface area contributed by atoms with Gasteiger partial charge in [0.05, 0.1) is 5.69 Å². The van der Waals surface area contributed by atoms with Crippen molar-refractivity contribution in [2.24, 2.45) is 0 Å². The molecule has 1 aliphatic heterocycles. The second-order valence-corrected chi connectivity index (χ2v) is 8.56. The standard InChI is InChI=1S/C25H28N6/c1-17-8-7-9-21(14-17)30-13-12-29(16-20(30)4)24-22-10-5-6-11-23(22)25(27-26-24)31-19(3)15-18(2)28-31/h5-11,14-15,20H,12-13,16H2,1-4H3. The van der Waals surface area contributed by atoms with Crippen LogP contribution in [0.3, 0.4) is 0 Å². The minimum Gasteiger partial charge on any atom is -0.365 e. The van der Waals surface area contributed by atoms with Crippen LogP contribution in [0.15, 0.2) is 54.6 Å². The Labute approximate surface area is 183 Å². The molecule has 2 aromatic heterocycles. The molecule has 1 unspecified atom stereocenters. The maximum absolute atomic E-state index is 4.70. The van der Waals surface area contributed by atoms with E-state index in [-0.39, 0.29) is 0 Å². The summed E-state index contributed by atoms with van der Waals surface area (Å²) < 4.78 is 1.90. The van der Waals surface area contributed by atoms with Crippen LogP contribution in [-0.2, 0) is 0 Å². The summed E-state index contributed by atoms with van der Waals surface area (Å²) in [6.45, 7) is 11.3. The van der Waals surface area contributed by atoms with Gasteiger partial charge in [-0.2, -0.15) is 5.10 Å². The Balaban J connectivity index is 1.49. The van der Waals surface area contributed by atoms with Crippen molar-refractivity contribution in [2.45, 2.75) is 33.7 Å². The average Bonchev–Trinajstić information content (AvgIpc) is 3.10. The molecule has 1 atom stereocenters. The minimum atomic E-state index is 0.381. The molecule has 0 N–H and O–H groups in total. The van der Waals surface area contributed by atoms with Gasteiger partial charge >= 0.3 is 0 Å². The maximum atomic E-state index is 4.70. The lowest BCUT2D eigenvalue weighted by Crippen LogP contribution is -2.52. The predicted octanol–water partition coefficient (Wildman–Crippen LogP) is 4.46. The molecule has 0 bridgehead atoms. The van der Waals surface area contributed by atoms with Crippen molar-refractivity contribution in [1.29, 1.82) is 0 Å². The van der Waals surface area contributed by atoms with E-state index in [1.807, 2.05) is 11.6 Å². The van der Waals surface area contributed by atoms with Crippen LogP contribution in [0, 0.1) is 20.8 Å². The monoisotopic (exact) mass is 412 g/mol. The fourth-order valence-corrected chi connectivity index (χ4v) is 4.65. The second-order valence-electron chi connectivity index (χ2n) is 8.56. The minimum absolute atomic E-state index is 0.381. The molecule has 1 saturated heterocycles. The molecule has 6 nitrogen and oxygen atoms in total. The predicted molar refractivity (Wildman–Crippen MR) is 126 cm³/mol. The summed E-state index contributed by atoms with van der Waals surface area (Å²) in [5.74, 6) is 1.74. The van der Waals surface area contributed by atoms with Crippen LogP contribution in [-0.4, -0.2) is 45.7 Å². The lowest BCUT2D eigenvalue weighted by Gasteiger charge is -2.42. The second kappa shape index (κ2) is 7.69. The van der Waals surface area contributed by atoms with E-state index in [9.17, 15) is 0 Å². The van der Waals surface area contributed by atoms with Crippen molar-refractivity contribution in [3.63, 3.8) is 0 Å². The van der Waals surface area contributed by atoms with Gasteiger partial charge in [0.25, 0.3) is 0 Å². The third-order valence-electron chi connectivity index (χ3n) is 6.12. The molecule has 3 heterocycles. The summed E-state index contributed by atoms with van der Waals surface area (Å²) in [7, 11) is 0. The van der Waals surface area contributed by atoms with Crippen LogP contribution in [0.2, 0.25) is 0 Å². The van der Waals surface area contributed by atoms with Crippen LogP contribution < -0.4 is 9.80 Å². The number of aromatic nitrogens is 4. The number of nitrogens with zero attached hydrogens (tertiary/aromatic N) is 6. The summed E-state index contributed by atoms with van der Waals surface area (Å²) in [6.07, 6.45) is 0. The first kappa shape index (κ1) is 19.5. The third kappa shape index (κ3) is 3.52. The van der Waals surface area contributed by atoms with Crippen molar-refractivity contribution >= 4 is 22.3 Å². The van der Waals surface area contributed by atoms with Gasteiger partial charge in [0.2, 0.25) is 0 Å². The zero-order valence-corrected chi connectivity index (χ0v) is 18.6. The Morgan fingerprint density at radius 2 is 1.58 bits per heavy atom. The molecule has 6 heteroatoms. The number of benzene rings is 2. The lowest BCUT2D eigenvalue weighted by atomic mass is 10.1. The van der Waals surface area contributed by atoms with Crippen molar-refractivity contribution in [1.82, 2.24) is 20.0 Å². The average molecular weight is 413 g/mol. The quantitative estimate of drug-likeness (QED) is 0.497. The molecule has 0 aliphatic carbocycles. The van der Waals surface area contributed by atoms with Gasteiger partial charge in [0.15, 0.2) is 11.6 Å². The van der Waals surface area contributed by atoms with Gasteiger partial charge in [-0.05, 0) is 51.5 Å². The van der Waals surface area contributed by atoms with Gasteiger partial charge in [-0.25, -0.2) is 4.68 Å². The highest BCUT2D eigenvalue weighted by atomic mass is 15.4. The number of anilines is 2. The van der Waals surface area contributed by atoms with Crippen LogP contribution in [0.1, 0.15) is 23.9 Å². The first-order chi connectivity index (χ1) is 15.0. The first-order valence-electron chi connectivity index (χ1n) is 10.9.